The fourth-order valence-corrected chi connectivity index (χ4v) is 2.76. The third-order valence-electron chi connectivity index (χ3n) is 3.76. The van der Waals surface area contributed by atoms with Crippen molar-refractivity contribution >= 4 is 34.9 Å². The smallest absolute Gasteiger partial charge is 0.319 e. The lowest BCUT2D eigenvalue weighted by Crippen LogP contribution is -2.43. The number of hydrogen-bond acceptors (Lipinski definition) is 2. The molecule has 0 saturated carbocycles. The van der Waals surface area contributed by atoms with E-state index in [1.807, 2.05) is 30.3 Å². The van der Waals surface area contributed by atoms with Crippen LogP contribution >= 0.6 is 11.6 Å². The summed E-state index contributed by atoms with van der Waals surface area (Å²) >= 11 is 5.67. The average molecular weight is 348 g/mol. The maximum Gasteiger partial charge on any atom is 0.319 e. The van der Waals surface area contributed by atoms with Crippen LogP contribution in [0.25, 0.3) is 0 Å². The van der Waals surface area contributed by atoms with Gasteiger partial charge in [-0.15, -0.1) is 0 Å². The van der Waals surface area contributed by atoms with E-state index in [9.17, 15) is 14.0 Å². The van der Waals surface area contributed by atoms with Gasteiger partial charge in [0, 0.05) is 17.9 Å². The van der Waals surface area contributed by atoms with Gasteiger partial charge in [0.15, 0.2) is 0 Å². The molecule has 0 aliphatic carbocycles. The summed E-state index contributed by atoms with van der Waals surface area (Å²) in [7, 11) is 0. The number of rotatable bonds is 3. The van der Waals surface area contributed by atoms with E-state index in [0.717, 1.165) is 11.8 Å². The molecule has 3 amide bonds. The number of amides is 3. The highest BCUT2D eigenvalue weighted by Gasteiger charge is 2.33. The Hall–Kier alpha value is -2.60. The van der Waals surface area contributed by atoms with Crippen LogP contribution < -0.4 is 15.5 Å². The van der Waals surface area contributed by atoms with Gasteiger partial charge in [0.2, 0.25) is 5.91 Å². The Morgan fingerprint density at radius 3 is 2.67 bits per heavy atom. The predicted octanol–water partition coefficient (Wildman–Crippen LogP) is 3.41. The molecular formula is C17H15ClFN3O2. The molecule has 24 heavy (non-hydrogen) atoms. The first-order valence-electron chi connectivity index (χ1n) is 7.43. The lowest BCUT2D eigenvalue weighted by molar-refractivity contribution is -0.118. The average Bonchev–Trinajstić information content (AvgIpc) is 2.92. The molecular weight excluding hydrogens is 333 g/mol. The molecule has 1 aliphatic rings. The molecule has 0 radical (unpaired) electrons. The highest BCUT2D eigenvalue weighted by atomic mass is 35.5. The standard InChI is InChI=1S/C17H15ClFN3O2/c18-13-10-11(6-7-14(13)19)20-17(24)21-15-8-9-22(16(15)23)12-4-2-1-3-5-12/h1-7,10,15H,8-9H2,(H2,20,21,24)/t15-/m1/s1. The third kappa shape index (κ3) is 3.49. The van der Waals surface area contributed by atoms with Crippen LogP contribution in [0.5, 0.6) is 0 Å². The molecule has 0 spiro atoms. The Morgan fingerprint density at radius 1 is 1.21 bits per heavy atom. The fourth-order valence-electron chi connectivity index (χ4n) is 2.58. The monoisotopic (exact) mass is 347 g/mol. The number of para-hydroxylation sites is 1. The summed E-state index contributed by atoms with van der Waals surface area (Å²) in [5.41, 5.74) is 1.15. The van der Waals surface area contributed by atoms with E-state index in [2.05, 4.69) is 10.6 Å². The van der Waals surface area contributed by atoms with Crippen molar-refractivity contribution in [3.63, 3.8) is 0 Å². The fraction of sp³-hybridized carbons (Fsp3) is 0.176. The molecule has 1 fully saturated rings. The summed E-state index contributed by atoms with van der Waals surface area (Å²) in [6.45, 7) is 0.538. The van der Waals surface area contributed by atoms with Crippen molar-refractivity contribution in [3.05, 3.63) is 59.4 Å². The van der Waals surface area contributed by atoms with Gasteiger partial charge in [-0.3, -0.25) is 4.79 Å². The first-order valence-corrected chi connectivity index (χ1v) is 7.81. The minimum atomic E-state index is -0.596. The van der Waals surface area contributed by atoms with E-state index in [1.54, 1.807) is 4.90 Å². The third-order valence-corrected chi connectivity index (χ3v) is 4.05. The van der Waals surface area contributed by atoms with Gasteiger partial charge < -0.3 is 15.5 Å². The minimum Gasteiger partial charge on any atom is -0.326 e. The molecule has 0 aromatic heterocycles. The zero-order chi connectivity index (χ0) is 17.1. The largest absolute Gasteiger partial charge is 0.326 e. The van der Waals surface area contributed by atoms with Gasteiger partial charge >= 0.3 is 6.03 Å². The number of carbonyl (C=O) groups is 2. The molecule has 2 N–H and O–H groups in total. The van der Waals surface area contributed by atoms with Gasteiger partial charge in [-0.2, -0.15) is 0 Å². The van der Waals surface area contributed by atoms with E-state index in [-0.39, 0.29) is 10.9 Å². The normalized spacial score (nSPS) is 17.0. The number of benzene rings is 2. The van der Waals surface area contributed by atoms with Crippen molar-refractivity contribution in [2.24, 2.45) is 0 Å². The van der Waals surface area contributed by atoms with Gasteiger partial charge in [0.05, 0.1) is 5.02 Å². The molecule has 3 rings (SSSR count). The second-order valence-electron chi connectivity index (χ2n) is 5.39. The van der Waals surface area contributed by atoms with Crippen LogP contribution in [0.3, 0.4) is 0 Å². The first-order chi connectivity index (χ1) is 11.5. The van der Waals surface area contributed by atoms with Crippen molar-refractivity contribution < 1.29 is 14.0 Å². The van der Waals surface area contributed by atoms with Gasteiger partial charge in [-0.25, -0.2) is 9.18 Å². The maximum atomic E-state index is 13.1. The Balaban J connectivity index is 1.61. The van der Waals surface area contributed by atoms with E-state index >= 15 is 0 Å². The number of anilines is 2. The van der Waals surface area contributed by atoms with Crippen LogP contribution in [0.1, 0.15) is 6.42 Å². The van der Waals surface area contributed by atoms with E-state index in [0.29, 0.717) is 18.7 Å². The summed E-state index contributed by atoms with van der Waals surface area (Å²) in [4.78, 5) is 26.1. The van der Waals surface area contributed by atoms with Crippen molar-refractivity contribution in [1.29, 1.82) is 0 Å². The maximum absolute atomic E-state index is 13.1. The molecule has 0 unspecified atom stereocenters. The van der Waals surface area contributed by atoms with Gasteiger partial charge in [-0.05, 0) is 36.8 Å². The molecule has 0 bridgehead atoms. The molecule has 1 saturated heterocycles. The molecule has 1 atom stereocenters. The number of urea groups is 1. The molecule has 1 heterocycles. The van der Waals surface area contributed by atoms with Crippen molar-refractivity contribution in [1.82, 2.24) is 5.32 Å². The Kier molecular flexibility index (Phi) is 4.66. The van der Waals surface area contributed by atoms with Crippen LogP contribution in [0.4, 0.5) is 20.6 Å². The van der Waals surface area contributed by atoms with Crippen molar-refractivity contribution in [2.75, 3.05) is 16.8 Å². The van der Waals surface area contributed by atoms with Gasteiger partial charge in [-0.1, -0.05) is 29.8 Å². The quantitative estimate of drug-likeness (QED) is 0.893. The Labute approximate surface area is 143 Å². The molecule has 5 nitrogen and oxygen atoms in total. The number of hydrogen-bond donors (Lipinski definition) is 2. The van der Waals surface area contributed by atoms with E-state index in [1.165, 1.54) is 12.1 Å². The molecule has 2 aromatic carbocycles. The molecule has 1 aliphatic heterocycles. The predicted molar refractivity (Wildman–Crippen MR) is 90.8 cm³/mol. The zero-order valence-corrected chi connectivity index (χ0v) is 13.4. The number of carbonyl (C=O) groups excluding carboxylic acids is 2. The first kappa shape index (κ1) is 16.3. The van der Waals surface area contributed by atoms with Crippen molar-refractivity contribution in [2.45, 2.75) is 12.5 Å². The number of halogens is 2. The van der Waals surface area contributed by atoms with Crippen LogP contribution in [0, 0.1) is 5.82 Å². The van der Waals surface area contributed by atoms with Gasteiger partial charge in [0.25, 0.3) is 0 Å². The summed E-state index contributed by atoms with van der Waals surface area (Å²) in [5.74, 6) is -0.722. The number of nitrogens with one attached hydrogen (secondary N) is 2. The Bertz CT molecular complexity index is 770. The summed E-state index contributed by atoms with van der Waals surface area (Å²) < 4.78 is 13.1. The lowest BCUT2D eigenvalue weighted by atomic mass is 10.2. The van der Waals surface area contributed by atoms with Gasteiger partial charge in [0.1, 0.15) is 11.9 Å². The highest BCUT2D eigenvalue weighted by molar-refractivity contribution is 6.31. The molecule has 7 heteroatoms. The molecule has 2 aromatic rings. The second-order valence-corrected chi connectivity index (χ2v) is 5.80. The van der Waals surface area contributed by atoms with Crippen LogP contribution in [-0.2, 0) is 4.79 Å². The number of nitrogens with zero attached hydrogens (tertiary/aromatic N) is 1. The highest BCUT2D eigenvalue weighted by Crippen LogP contribution is 2.22. The van der Waals surface area contributed by atoms with Crippen LogP contribution in [0.2, 0.25) is 5.02 Å². The van der Waals surface area contributed by atoms with E-state index in [4.69, 9.17) is 11.6 Å². The summed E-state index contributed by atoms with van der Waals surface area (Å²) in [5, 5.41) is 5.09. The lowest BCUT2D eigenvalue weighted by Gasteiger charge is -2.17. The SMILES string of the molecule is O=C(Nc1ccc(F)c(Cl)c1)N[C@@H]1CCN(c2ccccc2)C1=O. The van der Waals surface area contributed by atoms with E-state index < -0.39 is 17.9 Å². The van der Waals surface area contributed by atoms with Crippen LogP contribution in [0.15, 0.2) is 48.5 Å². The second kappa shape index (κ2) is 6.88. The van der Waals surface area contributed by atoms with Crippen molar-refractivity contribution in [3.8, 4) is 0 Å². The van der Waals surface area contributed by atoms with Crippen LogP contribution in [-0.4, -0.2) is 24.5 Å². The minimum absolute atomic E-state index is 0.0833. The zero-order valence-electron chi connectivity index (χ0n) is 12.6. The Morgan fingerprint density at radius 2 is 1.96 bits per heavy atom. The summed E-state index contributed by atoms with van der Waals surface area (Å²) in [6.07, 6.45) is 0.519. The summed E-state index contributed by atoms with van der Waals surface area (Å²) in [6, 6.07) is 12.0. The topological polar surface area (TPSA) is 61.4 Å². The molecule has 124 valence electrons.